The minimum absolute atomic E-state index is 1.36. The van der Waals surface area contributed by atoms with E-state index in [0.717, 1.165) is 0 Å². The van der Waals surface area contributed by atoms with Gasteiger partial charge in [-0.05, 0) is 38.5 Å². The van der Waals surface area contributed by atoms with Crippen LogP contribution in [0.5, 0.6) is 0 Å². The fourth-order valence-electron chi connectivity index (χ4n) is 4.47. The van der Waals surface area contributed by atoms with Gasteiger partial charge >= 0.3 is 0 Å². The molecule has 27 heavy (non-hydrogen) atoms. The van der Waals surface area contributed by atoms with Crippen molar-refractivity contribution in [1.29, 1.82) is 0 Å². The van der Waals surface area contributed by atoms with Gasteiger partial charge in [0.2, 0.25) is 0 Å². The Kier molecular flexibility index (Phi) is 20.7. The fraction of sp³-hybridized carbons (Fsp3) is 1.00. The molecular weight excluding hydrogens is 326 g/mol. The van der Waals surface area contributed by atoms with Gasteiger partial charge in [0.1, 0.15) is 0 Å². The van der Waals surface area contributed by atoms with E-state index in [0.29, 0.717) is 0 Å². The third-order valence-electron chi connectivity index (χ3n) is 6.44. The van der Waals surface area contributed by atoms with Gasteiger partial charge in [0, 0.05) is 0 Å². The molecule has 0 aromatic carbocycles. The first-order valence-corrected chi connectivity index (χ1v) is 13.1. The molecule has 0 amide bonds. The highest BCUT2D eigenvalue weighted by atomic mass is 15.3. The van der Waals surface area contributed by atoms with E-state index in [4.69, 9.17) is 0 Å². The molecule has 0 heterocycles. The zero-order chi connectivity index (χ0) is 20.1. The summed E-state index contributed by atoms with van der Waals surface area (Å²) in [6, 6.07) is 0. The molecule has 0 aliphatic carbocycles. The van der Waals surface area contributed by atoms with Gasteiger partial charge in [-0.25, -0.2) is 0 Å². The lowest BCUT2D eigenvalue weighted by molar-refractivity contribution is -0.929. The van der Waals surface area contributed by atoms with Crippen molar-refractivity contribution in [3.63, 3.8) is 0 Å². The van der Waals surface area contributed by atoms with Crippen LogP contribution in [0, 0.1) is 0 Å². The van der Waals surface area contributed by atoms with Gasteiger partial charge in [0.15, 0.2) is 0 Å². The van der Waals surface area contributed by atoms with Crippen molar-refractivity contribution >= 4 is 0 Å². The Bertz CT molecular complexity index is 245. The van der Waals surface area contributed by atoms with Crippen molar-refractivity contribution in [2.45, 2.75) is 143 Å². The van der Waals surface area contributed by atoms with E-state index in [2.05, 4.69) is 27.7 Å². The van der Waals surface area contributed by atoms with E-state index in [9.17, 15) is 0 Å². The second-order valence-electron chi connectivity index (χ2n) is 9.19. The molecule has 0 aromatic heterocycles. The van der Waals surface area contributed by atoms with Crippen LogP contribution >= 0.6 is 0 Å². The quantitative estimate of drug-likeness (QED) is 0.129. The molecule has 0 radical (unpaired) electrons. The van der Waals surface area contributed by atoms with Crippen LogP contribution in [0.1, 0.15) is 143 Å². The zero-order valence-corrected chi connectivity index (χ0v) is 20.0. The van der Waals surface area contributed by atoms with E-state index in [1.807, 2.05) is 0 Å². The van der Waals surface area contributed by atoms with Crippen LogP contribution in [0.2, 0.25) is 0 Å². The Morgan fingerprint density at radius 1 is 0.296 bits per heavy atom. The van der Waals surface area contributed by atoms with E-state index < -0.39 is 0 Å². The molecule has 0 fully saturated rings. The first-order valence-electron chi connectivity index (χ1n) is 13.1. The third-order valence-corrected chi connectivity index (χ3v) is 6.44. The molecule has 1 heteroatoms. The standard InChI is InChI=1S/C26H56N/c1-5-9-13-15-17-19-21-25-27(23-11-7-3,24-12-8-4)26-22-20-18-16-14-10-6-2/h5-26H2,1-4H3/q+1. The SMILES string of the molecule is CCCCCCCCC[N+](CCCC)(CCCC)CCCCCCCCC. The Morgan fingerprint density at radius 3 is 0.889 bits per heavy atom. The van der Waals surface area contributed by atoms with Gasteiger partial charge in [-0.2, -0.15) is 0 Å². The van der Waals surface area contributed by atoms with Gasteiger partial charge in [0.05, 0.1) is 26.2 Å². The summed E-state index contributed by atoms with van der Waals surface area (Å²) >= 11 is 0. The molecule has 0 atom stereocenters. The summed E-state index contributed by atoms with van der Waals surface area (Å²) in [5.74, 6) is 0. The monoisotopic (exact) mass is 382 g/mol. The minimum Gasteiger partial charge on any atom is -0.324 e. The van der Waals surface area contributed by atoms with Gasteiger partial charge in [-0.3, -0.25) is 0 Å². The number of quaternary nitrogens is 1. The maximum absolute atomic E-state index is 2.37. The number of hydrogen-bond donors (Lipinski definition) is 0. The molecule has 0 spiro atoms. The first kappa shape index (κ1) is 27.0. The Hall–Kier alpha value is -0.0400. The number of nitrogens with zero attached hydrogens (tertiary/aromatic N) is 1. The summed E-state index contributed by atoms with van der Waals surface area (Å²) in [7, 11) is 0. The van der Waals surface area contributed by atoms with Crippen LogP contribution in [-0.4, -0.2) is 30.7 Å². The number of hydrogen-bond acceptors (Lipinski definition) is 0. The van der Waals surface area contributed by atoms with E-state index in [1.54, 1.807) is 0 Å². The molecule has 0 aliphatic heterocycles. The molecule has 0 saturated heterocycles. The molecule has 1 nitrogen and oxygen atoms in total. The third kappa shape index (κ3) is 16.6. The van der Waals surface area contributed by atoms with Gasteiger partial charge in [-0.1, -0.05) is 105 Å². The van der Waals surface area contributed by atoms with Crippen molar-refractivity contribution in [3.8, 4) is 0 Å². The van der Waals surface area contributed by atoms with Gasteiger partial charge in [0.25, 0.3) is 0 Å². The Balaban J connectivity index is 4.30. The molecule has 0 aliphatic rings. The lowest BCUT2D eigenvalue weighted by Gasteiger charge is -2.39. The smallest absolute Gasteiger partial charge is 0.0786 e. The predicted octanol–water partition coefficient (Wildman–Crippen LogP) is 8.90. The zero-order valence-electron chi connectivity index (χ0n) is 20.0. The lowest BCUT2D eigenvalue weighted by atomic mass is 10.1. The summed E-state index contributed by atoms with van der Waals surface area (Å²) in [5, 5.41) is 0. The molecule has 0 aromatic rings. The lowest BCUT2D eigenvalue weighted by Crippen LogP contribution is -2.50. The Labute approximate surface area is 174 Å². The van der Waals surface area contributed by atoms with Crippen LogP contribution in [0.4, 0.5) is 0 Å². The van der Waals surface area contributed by atoms with E-state index in [-0.39, 0.29) is 0 Å². The van der Waals surface area contributed by atoms with Crippen molar-refractivity contribution in [3.05, 3.63) is 0 Å². The second kappa shape index (κ2) is 20.7. The van der Waals surface area contributed by atoms with Gasteiger partial charge in [-0.15, -0.1) is 0 Å². The summed E-state index contributed by atoms with van der Waals surface area (Å²) in [5.41, 5.74) is 0. The largest absolute Gasteiger partial charge is 0.324 e. The molecule has 0 bridgehead atoms. The van der Waals surface area contributed by atoms with Gasteiger partial charge < -0.3 is 4.48 Å². The average Bonchev–Trinajstić information content (AvgIpc) is 2.69. The van der Waals surface area contributed by atoms with Crippen LogP contribution in [-0.2, 0) is 0 Å². The molecular formula is C26H56N+. The summed E-state index contributed by atoms with van der Waals surface area (Å²) in [6.07, 6.45) is 25.9. The predicted molar refractivity (Wildman–Crippen MR) is 126 cm³/mol. The van der Waals surface area contributed by atoms with Crippen LogP contribution < -0.4 is 0 Å². The van der Waals surface area contributed by atoms with Crippen LogP contribution in [0.3, 0.4) is 0 Å². The molecule has 0 saturated carbocycles. The van der Waals surface area contributed by atoms with Crippen molar-refractivity contribution < 1.29 is 4.48 Å². The summed E-state index contributed by atoms with van der Waals surface area (Å²) in [4.78, 5) is 0. The highest BCUT2D eigenvalue weighted by Crippen LogP contribution is 2.19. The summed E-state index contributed by atoms with van der Waals surface area (Å²) < 4.78 is 1.45. The summed E-state index contributed by atoms with van der Waals surface area (Å²) in [6.45, 7) is 15.2. The highest BCUT2D eigenvalue weighted by Gasteiger charge is 2.25. The Morgan fingerprint density at radius 2 is 0.556 bits per heavy atom. The first-order chi connectivity index (χ1) is 13.2. The normalized spacial score (nSPS) is 12.0. The van der Waals surface area contributed by atoms with E-state index in [1.165, 1.54) is 146 Å². The highest BCUT2D eigenvalue weighted by molar-refractivity contribution is 4.53. The second-order valence-corrected chi connectivity index (χ2v) is 9.19. The fourth-order valence-corrected chi connectivity index (χ4v) is 4.47. The maximum atomic E-state index is 2.37. The number of unbranched alkanes of at least 4 members (excludes halogenated alkanes) is 14. The topological polar surface area (TPSA) is 0 Å². The van der Waals surface area contributed by atoms with Crippen LogP contribution in [0.15, 0.2) is 0 Å². The van der Waals surface area contributed by atoms with E-state index >= 15 is 0 Å². The molecule has 164 valence electrons. The maximum Gasteiger partial charge on any atom is 0.0786 e. The molecule has 0 N–H and O–H groups in total. The van der Waals surface area contributed by atoms with Crippen molar-refractivity contribution in [2.24, 2.45) is 0 Å². The van der Waals surface area contributed by atoms with Crippen molar-refractivity contribution in [1.82, 2.24) is 0 Å². The average molecular weight is 383 g/mol. The molecule has 0 unspecified atom stereocenters. The van der Waals surface area contributed by atoms with Crippen molar-refractivity contribution in [2.75, 3.05) is 26.2 Å². The number of rotatable bonds is 22. The molecule has 0 rings (SSSR count). The minimum atomic E-state index is 1.36. The van der Waals surface area contributed by atoms with Crippen LogP contribution in [0.25, 0.3) is 0 Å².